The lowest BCUT2D eigenvalue weighted by Crippen LogP contribution is -2.16. The van der Waals surface area contributed by atoms with E-state index in [1.807, 2.05) is 0 Å². The molecule has 0 aliphatic rings. The third kappa shape index (κ3) is 3.19. The number of carboxylic acids is 1. The highest BCUT2D eigenvalue weighted by atomic mass is 16.4. The number of aromatic nitrogens is 2. The molecule has 1 amide bonds. The van der Waals surface area contributed by atoms with Gasteiger partial charge in [0.05, 0.1) is 6.42 Å². The Morgan fingerprint density at radius 3 is 2.53 bits per heavy atom. The van der Waals surface area contributed by atoms with Gasteiger partial charge < -0.3 is 15.0 Å². The molecule has 1 aromatic heterocycles. The number of hydrogen-bond acceptors (Lipinski definition) is 3. The molecule has 0 radical (unpaired) electrons. The van der Waals surface area contributed by atoms with Crippen molar-refractivity contribution in [3.63, 3.8) is 0 Å². The first kappa shape index (κ1) is 12.8. The fourth-order valence-corrected chi connectivity index (χ4v) is 1.65. The van der Waals surface area contributed by atoms with Crippen LogP contribution in [0.1, 0.15) is 16.2 Å². The number of carbonyl (C=O) groups is 2. The summed E-state index contributed by atoms with van der Waals surface area (Å²) in [5.74, 6) is -0.877. The van der Waals surface area contributed by atoms with Crippen molar-refractivity contribution in [3.05, 3.63) is 48.0 Å². The molecule has 1 heterocycles. The molecular weight excluding hydrogens is 246 g/mol. The molecule has 6 heteroatoms. The molecule has 0 spiro atoms. The summed E-state index contributed by atoms with van der Waals surface area (Å²) in [6.07, 6.45) is 3.20. The van der Waals surface area contributed by atoms with Gasteiger partial charge in [-0.15, -0.1) is 0 Å². The molecule has 0 saturated heterocycles. The summed E-state index contributed by atoms with van der Waals surface area (Å²) in [6.45, 7) is 0. The van der Waals surface area contributed by atoms with Crippen molar-refractivity contribution in [2.24, 2.45) is 7.05 Å². The van der Waals surface area contributed by atoms with Gasteiger partial charge in [0.2, 0.25) is 0 Å². The normalized spacial score (nSPS) is 10.2. The molecule has 6 nitrogen and oxygen atoms in total. The van der Waals surface area contributed by atoms with Crippen molar-refractivity contribution < 1.29 is 14.7 Å². The summed E-state index contributed by atoms with van der Waals surface area (Å²) in [4.78, 5) is 26.4. The molecule has 0 unspecified atom stereocenters. The van der Waals surface area contributed by atoms with Crippen molar-refractivity contribution >= 4 is 17.6 Å². The Morgan fingerprint density at radius 1 is 1.32 bits per heavy atom. The Labute approximate surface area is 109 Å². The van der Waals surface area contributed by atoms with E-state index < -0.39 is 5.97 Å². The van der Waals surface area contributed by atoms with E-state index in [4.69, 9.17) is 5.11 Å². The number of nitrogens with one attached hydrogen (secondary N) is 1. The number of anilines is 1. The maximum atomic E-state index is 11.9. The summed E-state index contributed by atoms with van der Waals surface area (Å²) < 4.78 is 1.62. The molecule has 2 aromatic rings. The lowest BCUT2D eigenvalue weighted by atomic mass is 10.1. The Kier molecular flexibility index (Phi) is 3.61. The summed E-state index contributed by atoms with van der Waals surface area (Å²) >= 11 is 0. The van der Waals surface area contributed by atoms with Crippen LogP contribution in [0, 0.1) is 0 Å². The van der Waals surface area contributed by atoms with Crippen LogP contribution in [0.4, 0.5) is 5.69 Å². The molecule has 19 heavy (non-hydrogen) atoms. The van der Waals surface area contributed by atoms with Gasteiger partial charge in [0, 0.05) is 25.1 Å². The SMILES string of the molecule is Cn1ccnc1C(=O)Nc1ccc(CC(=O)O)cc1. The maximum Gasteiger partial charge on any atom is 0.307 e. The van der Waals surface area contributed by atoms with Gasteiger partial charge in [-0.2, -0.15) is 0 Å². The average Bonchev–Trinajstić information content (AvgIpc) is 2.77. The molecule has 1 aromatic carbocycles. The third-order valence-electron chi connectivity index (χ3n) is 2.59. The highest BCUT2D eigenvalue weighted by Crippen LogP contribution is 2.11. The first-order valence-electron chi connectivity index (χ1n) is 5.65. The molecule has 0 aliphatic heterocycles. The van der Waals surface area contributed by atoms with Crippen LogP contribution < -0.4 is 5.32 Å². The number of amides is 1. The summed E-state index contributed by atoms with van der Waals surface area (Å²) in [5.41, 5.74) is 1.28. The van der Waals surface area contributed by atoms with E-state index >= 15 is 0 Å². The molecule has 0 bridgehead atoms. The van der Waals surface area contributed by atoms with Gasteiger partial charge >= 0.3 is 5.97 Å². The van der Waals surface area contributed by atoms with Gasteiger partial charge in [-0.05, 0) is 17.7 Å². The van der Waals surface area contributed by atoms with Gasteiger partial charge in [-0.3, -0.25) is 9.59 Å². The first-order valence-corrected chi connectivity index (χ1v) is 5.65. The van der Waals surface area contributed by atoms with Crippen molar-refractivity contribution in [2.75, 3.05) is 5.32 Å². The highest BCUT2D eigenvalue weighted by molar-refractivity contribution is 6.01. The van der Waals surface area contributed by atoms with Crippen LogP contribution in [0.25, 0.3) is 0 Å². The molecule has 0 fully saturated rings. The predicted molar refractivity (Wildman–Crippen MR) is 68.9 cm³/mol. The van der Waals surface area contributed by atoms with E-state index in [2.05, 4.69) is 10.3 Å². The van der Waals surface area contributed by atoms with Gasteiger partial charge in [-0.25, -0.2) is 4.98 Å². The van der Waals surface area contributed by atoms with Crippen LogP contribution in [-0.4, -0.2) is 26.5 Å². The number of aliphatic carboxylic acids is 1. The number of imidazole rings is 1. The molecule has 0 atom stereocenters. The predicted octanol–water partition coefficient (Wildman–Crippen LogP) is 1.30. The molecule has 0 saturated carbocycles. The zero-order chi connectivity index (χ0) is 13.8. The van der Waals surface area contributed by atoms with Crippen molar-refractivity contribution in [3.8, 4) is 0 Å². The minimum absolute atomic E-state index is 0.0341. The Morgan fingerprint density at radius 2 is 2.00 bits per heavy atom. The standard InChI is InChI=1S/C13H13N3O3/c1-16-7-6-14-12(16)13(19)15-10-4-2-9(3-5-10)8-11(17)18/h2-7H,8H2,1H3,(H,15,19)(H,17,18). The van der Waals surface area contributed by atoms with Gasteiger partial charge in [0.1, 0.15) is 0 Å². The Balaban J connectivity index is 2.06. The maximum absolute atomic E-state index is 11.9. The molecule has 0 aliphatic carbocycles. The van der Waals surface area contributed by atoms with E-state index in [-0.39, 0.29) is 12.3 Å². The largest absolute Gasteiger partial charge is 0.481 e. The van der Waals surface area contributed by atoms with E-state index in [0.717, 1.165) is 0 Å². The minimum atomic E-state index is -0.884. The fourth-order valence-electron chi connectivity index (χ4n) is 1.65. The number of carbonyl (C=O) groups excluding carboxylic acids is 1. The van der Waals surface area contributed by atoms with Gasteiger partial charge in [0.25, 0.3) is 5.91 Å². The van der Waals surface area contributed by atoms with Crippen LogP contribution >= 0.6 is 0 Å². The van der Waals surface area contributed by atoms with Crippen LogP contribution in [0.5, 0.6) is 0 Å². The number of rotatable bonds is 4. The van der Waals surface area contributed by atoms with Crippen LogP contribution in [0.3, 0.4) is 0 Å². The number of benzene rings is 1. The van der Waals surface area contributed by atoms with E-state index in [1.165, 1.54) is 0 Å². The highest BCUT2D eigenvalue weighted by Gasteiger charge is 2.10. The Hall–Kier alpha value is -2.63. The smallest absolute Gasteiger partial charge is 0.307 e. The minimum Gasteiger partial charge on any atom is -0.481 e. The van der Waals surface area contributed by atoms with Crippen LogP contribution in [0.2, 0.25) is 0 Å². The van der Waals surface area contributed by atoms with Gasteiger partial charge in [-0.1, -0.05) is 12.1 Å². The van der Waals surface area contributed by atoms with Crippen molar-refractivity contribution in [2.45, 2.75) is 6.42 Å². The summed E-state index contributed by atoms with van der Waals surface area (Å²) in [7, 11) is 1.73. The second-order valence-corrected chi connectivity index (χ2v) is 4.08. The Bertz CT molecular complexity index is 602. The monoisotopic (exact) mass is 259 g/mol. The van der Waals surface area contributed by atoms with Gasteiger partial charge in [0.15, 0.2) is 5.82 Å². The van der Waals surface area contributed by atoms with Crippen molar-refractivity contribution in [1.82, 2.24) is 9.55 Å². The van der Waals surface area contributed by atoms with Crippen LogP contribution in [-0.2, 0) is 18.3 Å². The fraction of sp³-hybridized carbons (Fsp3) is 0.154. The third-order valence-corrected chi connectivity index (χ3v) is 2.59. The number of hydrogen-bond donors (Lipinski definition) is 2. The molecule has 98 valence electrons. The number of aryl methyl sites for hydroxylation is 1. The average molecular weight is 259 g/mol. The summed E-state index contributed by atoms with van der Waals surface area (Å²) in [6, 6.07) is 6.67. The number of nitrogens with zero attached hydrogens (tertiary/aromatic N) is 2. The molecule has 2 rings (SSSR count). The lowest BCUT2D eigenvalue weighted by molar-refractivity contribution is -0.136. The molecule has 2 N–H and O–H groups in total. The zero-order valence-corrected chi connectivity index (χ0v) is 10.3. The second-order valence-electron chi connectivity index (χ2n) is 4.08. The quantitative estimate of drug-likeness (QED) is 0.866. The topological polar surface area (TPSA) is 84.2 Å². The lowest BCUT2D eigenvalue weighted by Gasteiger charge is -2.05. The second kappa shape index (κ2) is 5.34. The van der Waals surface area contributed by atoms with E-state index in [0.29, 0.717) is 17.1 Å². The first-order chi connectivity index (χ1) is 9.06. The van der Waals surface area contributed by atoms with Crippen molar-refractivity contribution in [1.29, 1.82) is 0 Å². The summed E-state index contributed by atoms with van der Waals surface area (Å²) in [5, 5.41) is 11.4. The van der Waals surface area contributed by atoms with E-state index in [9.17, 15) is 9.59 Å². The number of carboxylic acid groups (broad SMARTS) is 1. The molecular formula is C13H13N3O3. The van der Waals surface area contributed by atoms with E-state index in [1.54, 1.807) is 48.3 Å². The van der Waals surface area contributed by atoms with Crippen LogP contribution in [0.15, 0.2) is 36.7 Å². The zero-order valence-electron chi connectivity index (χ0n) is 10.3.